The molecule has 0 unspecified atom stereocenters. The molecule has 4 rings (SSSR count). The van der Waals surface area contributed by atoms with Crippen LogP contribution < -0.4 is 14.4 Å². The quantitative estimate of drug-likeness (QED) is 0.455. The van der Waals surface area contributed by atoms with Gasteiger partial charge in [-0.25, -0.2) is 9.67 Å². The fraction of sp³-hybridized carbons (Fsp3) is 0.364. The molecule has 182 valence electrons. The second-order valence-electron chi connectivity index (χ2n) is 7.69. The van der Waals surface area contributed by atoms with E-state index in [0.29, 0.717) is 43.2 Å². The maximum Gasteiger partial charge on any atom is 0.435 e. The fourth-order valence-corrected chi connectivity index (χ4v) is 3.63. The van der Waals surface area contributed by atoms with E-state index in [1.54, 1.807) is 29.2 Å². The Morgan fingerprint density at radius 3 is 2.26 bits per heavy atom. The van der Waals surface area contributed by atoms with Gasteiger partial charge in [0.2, 0.25) is 5.88 Å². The first-order valence-electron chi connectivity index (χ1n) is 10.3. The summed E-state index contributed by atoms with van der Waals surface area (Å²) in [6.07, 6.45) is -7.87. The van der Waals surface area contributed by atoms with Crippen LogP contribution in [-0.2, 0) is 12.4 Å². The number of ether oxygens (including phenoxy) is 2. The summed E-state index contributed by atoms with van der Waals surface area (Å²) in [5.74, 6) is 0.781. The van der Waals surface area contributed by atoms with E-state index in [4.69, 9.17) is 9.47 Å². The zero-order valence-corrected chi connectivity index (χ0v) is 17.9. The van der Waals surface area contributed by atoms with Crippen LogP contribution in [0.2, 0.25) is 0 Å². The molecule has 3 heterocycles. The average molecular weight is 486 g/mol. The number of halogens is 6. The lowest BCUT2D eigenvalue weighted by molar-refractivity contribution is -0.141. The zero-order valence-electron chi connectivity index (χ0n) is 17.9. The molecule has 1 aromatic carbocycles. The first-order valence-corrected chi connectivity index (χ1v) is 10.3. The molecule has 1 aliphatic heterocycles. The largest absolute Gasteiger partial charge is 0.497 e. The van der Waals surface area contributed by atoms with Crippen molar-refractivity contribution in [2.45, 2.75) is 31.3 Å². The van der Waals surface area contributed by atoms with Crippen LogP contribution in [0.3, 0.4) is 0 Å². The van der Waals surface area contributed by atoms with Crippen molar-refractivity contribution >= 4 is 5.82 Å². The number of benzene rings is 1. The monoisotopic (exact) mass is 486 g/mol. The van der Waals surface area contributed by atoms with Gasteiger partial charge in [-0.2, -0.15) is 31.4 Å². The molecule has 1 fully saturated rings. The minimum Gasteiger partial charge on any atom is -0.497 e. The van der Waals surface area contributed by atoms with E-state index < -0.39 is 29.7 Å². The maximum absolute atomic E-state index is 13.3. The number of piperidine rings is 1. The van der Waals surface area contributed by atoms with Gasteiger partial charge < -0.3 is 14.4 Å². The van der Waals surface area contributed by atoms with Gasteiger partial charge in [0, 0.05) is 44.3 Å². The van der Waals surface area contributed by atoms with E-state index >= 15 is 0 Å². The van der Waals surface area contributed by atoms with Gasteiger partial charge in [0.05, 0.1) is 18.4 Å². The Morgan fingerprint density at radius 2 is 1.68 bits per heavy atom. The van der Waals surface area contributed by atoms with Crippen LogP contribution in [0.4, 0.5) is 32.2 Å². The number of nitrogens with zero attached hydrogens (tertiary/aromatic N) is 4. The molecule has 0 atom stereocenters. The van der Waals surface area contributed by atoms with Gasteiger partial charge in [-0.1, -0.05) is 6.07 Å². The summed E-state index contributed by atoms with van der Waals surface area (Å²) in [6.45, 7) is 0.838. The van der Waals surface area contributed by atoms with E-state index in [1.807, 2.05) is 0 Å². The lowest BCUT2D eigenvalue weighted by Crippen LogP contribution is -2.39. The zero-order chi connectivity index (χ0) is 24.5. The van der Waals surface area contributed by atoms with Crippen LogP contribution in [0.15, 0.2) is 48.7 Å². The number of hydrogen-bond donors (Lipinski definition) is 0. The number of rotatable bonds is 5. The third-order valence-corrected chi connectivity index (χ3v) is 5.39. The minimum absolute atomic E-state index is 0.0633. The van der Waals surface area contributed by atoms with Crippen molar-refractivity contribution in [2.75, 3.05) is 25.1 Å². The van der Waals surface area contributed by atoms with E-state index in [1.165, 1.54) is 13.2 Å². The third-order valence-electron chi connectivity index (χ3n) is 5.39. The van der Waals surface area contributed by atoms with Gasteiger partial charge in [-0.3, -0.25) is 0 Å². The van der Waals surface area contributed by atoms with Crippen molar-refractivity contribution in [1.29, 1.82) is 0 Å². The van der Waals surface area contributed by atoms with Crippen molar-refractivity contribution in [1.82, 2.24) is 14.8 Å². The number of anilines is 1. The Hall–Kier alpha value is -3.44. The highest BCUT2D eigenvalue weighted by Gasteiger charge is 2.36. The molecule has 0 aliphatic carbocycles. The number of pyridine rings is 1. The smallest absolute Gasteiger partial charge is 0.435 e. The lowest BCUT2D eigenvalue weighted by atomic mass is 10.1. The van der Waals surface area contributed by atoms with Crippen LogP contribution in [0, 0.1) is 0 Å². The molecule has 1 aliphatic rings. The van der Waals surface area contributed by atoms with Crippen LogP contribution in [0.25, 0.3) is 5.69 Å². The first-order chi connectivity index (χ1) is 16.0. The summed E-state index contributed by atoms with van der Waals surface area (Å²) in [6, 6.07) is 9.53. The Balaban J connectivity index is 1.48. The van der Waals surface area contributed by atoms with Crippen LogP contribution in [0.1, 0.15) is 24.1 Å². The summed E-state index contributed by atoms with van der Waals surface area (Å²) < 4.78 is 90.3. The predicted octanol–water partition coefficient (Wildman–Crippen LogP) is 5.36. The fourth-order valence-electron chi connectivity index (χ4n) is 3.63. The highest BCUT2D eigenvalue weighted by molar-refractivity contribution is 5.42. The molecule has 0 saturated carbocycles. The lowest BCUT2D eigenvalue weighted by Gasteiger charge is -2.33. The molecule has 2 aromatic heterocycles. The van der Waals surface area contributed by atoms with Gasteiger partial charge in [0.25, 0.3) is 0 Å². The van der Waals surface area contributed by atoms with Crippen LogP contribution >= 0.6 is 0 Å². The molecular formula is C22H20F6N4O2. The van der Waals surface area contributed by atoms with Gasteiger partial charge >= 0.3 is 12.4 Å². The molecule has 0 spiro atoms. The molecule has 34 heavy (non-hydrogen) atoms. The summed E-state index contributed by atoms with van der Waals surface area (Å²) in [5.41, 5.74) is -1.58. The maximum atomic E-state index is 13.3. The van der Waals surface area contributed by atoms with Crippen molar-refractivity contribution in [3.05, 3.63) is 59.9 Å². The second-order valence-corrected chi connectivity index (χ2v) is 7.69. The van der Waals surface area contributed by atoms with Gasteiger partial charge in [-0.15, -0.1) is 0 Å². The minimum atomic E-state index is -4.65. The SMILES string of the molecule is COc1cccc(-n2nc(C(F)(F)F)cc2OC2CCN(c3ccc(C(F)(F)F)cn3)CC2)c1. The summed E-state index contributed by atoms with van der Waals surface area (Å²) in [5, 5.41) is 3.68. The van der Waals surface area contributed by atoms with Crippen LogP contribution in [-0.4, -0.2) is 41.1 Å². The van der Waals surface area contributed by atoms with Crippen molar-refractivity contribution in [3.8, 4) is 17.3 Å². The second kappa shape index (κ2) is 9.07. The molecule has 12 heteroatoms. The number of aromatic nitrogens is 3. The van der Waals surface area contributed by atoms with E-state index in [-0.39, 0.29) is 5.88 Å². The van der Waals surface area contributed by atoms with E-state index in [2.05, 4.69) is 10.1 Å². The van der Waals surface area contributed by atoms with Crippen molar-refractivity contribution in [3.63, 3.8) is 0 Å². The molecule has 1 saturated heterocycles. The number of hydrogen-bond acceptors (Lipinski definition) is 5. The normalized spacial score (nSPS) is 15.4. The van der Waals surface area contributed by atoms with Gasteiger partial charge in [0.15, 0.2) is 5.69 Å². The standard InChI is InChI=1S/C22H20F6N4O2/c1-33-17-4-2-3-15(11-17)32-20(12-18(30-32)22(26,27)28)34-16-7-9-31(10-8-16)19-6-5-14(13-29-19)21(23,24)25/h2-6,11-13,16H,7-10H2,1H3. The predicted molar refractivity (Wildman–Crippen MR) is 110 cm³/mol. The molecule has 0 radical (unpaired) electrons. The summed E-state index contributed by atoms with van der Waals surface area (Å²) >= 11 is 0. The average Bonchev–Trinajstić information content (AvgIpc) is 3.23. The Morgan fingerprint density at radius 1 is 0.941 bits per heavy atom. The van der Waals surface area contributed by atoms with Crippen molar-refractivity contribution < 1.29 is 35.8 Å². The molecule has 6 nitrogen and oxygen atoms in total. The molecule has 0 N–H and O–H groups in total. The Bertz CT molecular complexity index is 1120. The van der Waals surface area contributed by atoms with Gasteiger partial charge in [-0.05, 0) is 24.3 Å². The van der Waals surface area contributed by atoms with E-state index in [0.717, 1.165) is 23.0 Å². The van der Waals surface area contributed by atoms with Crippen molar-refractivity contribution in [2.24, 2.45) is 0 Å². The number of alkyl halides is 6. The summed E-state index contributed by atoms with van der Waals surface area (Å²) in [4.78, 5) is 5.70. The van der Waals surface area contributed by atoms with Gasteiger partial charge in [0.1, 0.15) is 17.7 Å². The molecular weight excluding hydrogens is 466 g/mol. The topological polar surface area (TPSA) is 52.4 Å². The Kier molecular flexibility index (Phi) is 6.32. The highest BCUT2D eigenvalue weighted by atomic mass is 19.4. The highest BCUT2D eigenvalue weighted by Crippen LogP contribution is 2.34. The molecule has 0 amide bonds. The molecule has 0 bridgehead atoms. The third kappa shape index (κ3) is 5.20. The number of methoxy groups -OCH3 is 1. The summed E-state index contributed by atoms with van der Waals surface area (Å²) in [7, 11) is 1.44. The Labute approximate surface area is 190 Å². The molecule has 3 aromatic rings. The first kappa shape index (κ1) is 23.7. The van der Waals surface area contributed by atoms with E-state index in [9.17, 15) is 26.3 Å². The van der Waals surface area contributed by atoms with Crippen LogP contribution in [0.5, 0.6) is 11.6 Å².